The summed E-state index contributed by atoms with van der Waals surface area (Å²) in [6, 6.07) is 10.5. The average molecular weight is 368 g/mol. The second-order valence-electron chi connectivity index (χ2n) is 7.63. The molecule has 0 spiro atoms. The maximum atomic E-state index is 12.4. The summed E-state index contributed by atoms with van der Waals surface area (Å²) >= 11 is 0. The monoisotopic (exact) mass is 368 g/mol. The van der Waals surface area contributed by atoms with Crippen LogP contribution in [0.25, 0.3) is 11.4 Å². The first kappa shape index (κ1) is 18.2. The highest BCUT2D eigenvalue weighted by Gasteiger charge is 2.35. The van der Waals surface area contributed by atoms with Crippen molar-refractivity contribution in [3.05, 3.63) is 36.2 Å². The molecule has 6 heteroatoms. The first-order chi connectivity index (χ1) is 13.3. The zero-order valence-corrected chi connectivity index (χ0v) is 16.0. The van der Waals surface area contributed by atoms with Gasteiger partial charge in [0.25, 0.3) is 0 Å². The molecule has 1 aromatic heterocycles. The Kier molecular flexibility index (Phi) is 5.53. The molecule has 1 saturated heterocycles. The largest absolute Gasteiger partial charge is 0.383 e. The highest BCUT2D eigenvalue weighted by atomic mass is 16.5. The van der Waals surface area contributed by atoms with E-state index in [9.17, 15) is 4.79 Å². The van der Waals surface area contributed by atoms with Gasteiger partial charge in [-0.1, -0.05) is 49.6 Å². The highest BCUT2D eigenvalue weighted by Crippen LogP contribution is 2.34. The van der Waals surface area contributed by atoms with E-state index in [0.29, 0.717) is 32.2 Å². The van der Waals surface area contributed by atoms with E-state index < -0.39 is 0 Å². The summed E-state index contributed by atoms with van der Waals surface area (Å²) in [7, 11) is 1.67. The number of carbonyl (C=O) groups excluding carboxylic acids is 1. The summed E-state index contributed by atoms with van der Waals surface area (Å²) in [5.41, 5.74) is 1.04. The molecule has 0 radical (unpaired) electrons. The smallest absolute Gasteiger partial charge is 0.223 e. The maximum Gasteiger partial charge on any atom is 0.223 e. The van der Waals surface area contributed by atoms with E-state index in [1.807, 2.05) is 23.1 Å². The Morgan fingerprint density at radius 2 is 1.93 bits per heavy atom. The molecule has 1 aromatic carbocycles. The van der Waals surface area contributed by atoms with Crippen LogP contribution in [0, 0.1) is 0 Å². The van der Waals surface area contributed by atoms with Crippen LogP contribution in [-0.4, -0.2) is 52.4 Å². The van der Waals surface area contributed by atoms with E-state index in [0.717, 1.165) is 30.1 Å². The molecular weight excluding hydrogens is 340 g/mol. The summed E-state index contributed by atoms with van der Waals surface area (Å²) < 4.78 is 7.30. The molecule has 2 aliphatic rings. The van der Waals surface area contributed by atoms with E-state index in [1.165, 1.54) is 19.3 Å². The molecule has 2 heterocycles. The number of rotatable bonds is 6. The zero-order valence-electron chi connectivity index (χ0n) is 16.0. The lowest BCUT2D eigenvalue weighted by molar-refractivity contribution is -0.128. The Labute approximate surface area is 160 Å². The summed E-state index contributed by atoms with van der Waals surface area (Å²) in [6.45, 7) is 1.93. The molecule has 4 rings (SSSR count). The number of amides is 1. The minimum atomic E-state index is 0.112. The van der Waals surface area contributed by atoms with Crippen molar-refractivity contribution in [2.45, 2.75) is 50.5 Å². The van der Waals surface area contributed by atoms with Gasteiger partial charge in [-0.3, -0.25) is 4.79 Å². The molecule has 1 aliphatic carbocycles. The van der Waals surface area contributed by atoms with Gasteiger partial charge < -0.3 is 9.64 Å². The van der Waals surface area contributed by atoms with Crippen molar-refractivity contribution < 1.29 is 9.53 Å². The van der Waals surface area contributed by atoms with E-state index in [4.69, 9.17) is 14.8 Å². The van der Waals surface area contributed by atoms with Gasteiger partial charge in [-0.05, 0) is 12.8 Å². The van der Waals surface area contributed by atoms with Crippen LogP contribution < -0.4 is 0 Å². The maximum absolute atomic E-state index is 12.4. The number of hydrogen-bond acceptors (Lipinski definition) is 4. The Balaban J connectivity index is 1.64. The molecule has 144 valence electrons. The van der Waals surface area contributed by atoms with E-state index >= 15 is 0 Å². The molecule has 0 unspecified atom stereocenters. The minimum absolute atomic E-state index is 0.112. The highest BCUT2D eigenvalue weighted by molar-refractivity contribution is 5.79. The molecule has 0 bridgehead atoms. The van der Waals surface area contributed by atoms with Crippen LogP contribution in [0.3, 0.4) is 0 Å². The van der Waals surface area contributed by atoms with Crippen LogP contribution in [0.15, 0.2) is 30.3 Å². The number of benzene rings is 1. The molecule has 1 atom stereocenters. The number of nitrogens with zero attached hydrogens (tertiary/aromatic N) is 4. The van der Waals surface area contributed by atoms with Crippen molar-refractivity contribution in [2.24, 2.45) is 0 Å². The second-order valence-corrected chi connectivity index (χ2v) is 7.63. The first-order valence-electron chi connectivity index (χ1n) is 10.0. The molecule has 1 saturated carbocycles. The van der Waals surface area contributed by atoms with E-state index in [2.05, 4.69) is 16.8 Å². The quantitative estimate of drug-likeness (QED) is 0.784. The summed E-state index contributed by atoms with van der Waals surface area (Å²) in [5.74, 6) is 2.06. The topological polar surface area (TPSA) is 60.2 Å². The molecular formula is C21H28N4O2. The van der Waals surface area contributed by atoms with Crippen molar-refractivity contribution >= 4 is 5.91 Å². The lowest BCUT2D eigenvalue weighted by Crippen LogP contribution is -2.29. The van der Waals surface area contributed by atoms with Crippen LogP contribution >= 0.6 is 0 Å². The fourth-order valence-electron chi connectivity index (χ4n) is 4.28. The van der Waals surface area contributed by atoms with Crippen molar-refractivity contribution in [2.75, 3.05) is 26.8 Å². The van der Waals surface area contributed by atoms with Crippen LogP contribution in [0.4, 0.5) is 0 Å². The summed E-state index contributed by atoms with van der Waals surface area (Å²) in [6.07, 6.45) is 6.61. The average Bonchev–Trinajstić information content (AvgIpc) is 3.32. The van der Waals surface area contributed by atoms with E-state index in [-0.39, 0.29) is 11.8 Å². The number of hydrogen-bond donors (Lipinski definition) is 0. The lowest BCUT2D eigenvalue weighted by Gasteiger charge is -2.24. The molecule has 6 nitrogen and oxygen atoms in total. The van der Waals surface area contributed by atoms with Gasteiger partial charge in [0.1, 0.15) is 5.82 Å². The van der Waals surface area contributed by atoms with Crippen LogP contribution in [0.5, 0.6) is 0 Å². The second kappa shape index (κ2) is 8.21. The Bertz CT molecular complexity index is 768. The van der Waals surface area contributed by atoms with Gasteiger partial charge >= 0.3 is 0 Å². The van der Waals surface area contributed by atoms with Gasteiger partial charge in [-0.2, -0.15) is 5.10 Å². The molecule has 1 amide bonds. The van der Waals surface area contributed by atoms with Gasteiger partial charge in [-0.25, -0.2) is 9.67 Å². The molecule has 1 aliphatic heterocycles. The fourth-order valence-corrected chi connectivity index (χ4v) is 4.28. The molecule has 2 aromatic rings. The van der Waals surface area contributed by atoms with Crippen molar-refractivity contribution in [3.63, 3.8) is 0 Å². The molecule has 27 heavy (non-hydrogen) atoms. The third-order valence-corrected chi connectivity index (χ3v) is 5.76. The van der Waals surface area contributed by atoms with Crippen LogP contribution in [0.1, 0.15) is 56.3 Å². The molecule has 0 N–H and O–H groups in total. The first-order valence-corrected chi connectivity index (χ1v) is 10.0. The zero-order chi connectivity index (χ0) is 18.6. The van der Waals surface area contributed by atoms with Crippen LogP contribution in [0.2, 0.25) is 0 Å². The lowest BCUT2D eigenvalue weighted by atomic mass is 9.95. The summed E-state index contributed by atoms with van der Waals surface area (Å²) in [4.78, 5) is 19.3. The van der Waals surface area contributed by atoms with Crippen molar-refractivity contribution in [1.82, 2.24) is 19.7 Å². The van der Waals surface area contributed by atoms with Crippen molar-refractivity contribution in [3.8, 4) is 11.4 Å². The van der Waals surface area contributed by atoms with Gasteiger partial charge in [0.2, 0.25) is 5.91 Å². The van der Waals surface area contributed by atoms with Gasteiger partial charge in [0.05, 0.1) is 12.6 Å². The summed E-state index contributed by atoms with van der Waals surface area (Å²) in [5, 5.41) is 4.91. The Morgan fingerprint density at radius 1 is 1.15 bits per heavy atom. The number of carbonyl (C=O) groups is 1. The predicted molar refractivity (Wildman–Crippen MR) is 103 cm³/mol. The number of methoxy groups -OCH3 is 1. The SMILES string of the molecule is COCCN1C[C@H](c2nc(-c3ccccc3)nn2C2CCCCC2)CC1=O. The van der Waals surface area contributed by atoms with Gasteiger partial charge in [0, 0.05) is 38.1 Å². The van der Waals surface area contributed by atoms with Crippen LogP contribution in [-0.2, 0) is 9.53 Å². The van der Waals surface area contributed by atoms with Gasteiger partial charge in [0.15, 0.2) is 5.82 Å². The minimum Gasteiger partial charge on any atom is -0.383 e. The third kappa shape index (κ3) is 3.90. The van der Waals surface area contributed by atoms with E-state index in [1.54, 1.807) is 7.11 Å². The Morgan fingerprint density at radius 3 is 2.67 bits per heavy atom. The predicted octanol–water partition coefficient (Wildman–Crippen LogP) is 3.41. The van der Waals surface area contributed by atoms with Gasteiger partial charge in [-0.15, -0.1) is 0 Å². The fraction of sp³-hybridized carbons (Fsp3) is 0.571. The third-order valence-electron chi connectivity index (χ3n) is 5.76. The number of ether oxygens (including phenoxy) is 1. The number of likely N-dealkylation sites (tertiary alicyclic amines) is 1. The number of aromatic nitrogens is 3. The molecule has 2 fully saturated rings. The Hall–Kier alpha value is -2.21. The normalized spacial score (nSPS) is 21.1. The van der Waals surface area contributed by atoms with Crippen molar-refractivity contribution in [1.29, 1.82) is 0 Å². The standard InChI is InChI=1S/C21H28N4O2/c1-27-13-12-24-15-17(14-19(24)26)21-22-20(16-8-4-2-5-9-16)23-25(21)18-10-6-3-7-11-18/h2,4-5,8-9,17-18H,3,6-7,10-15H2,1H3/t17-/m1/s1.